The number of hydrogen-bond donors (Lipinski definition) is 1. The zero-order valence-corrected chi connectivity index (χ0v) is 14.6. The van der Waals surface area contributed by atoms with Gasteiger partial charge in [0.2, 0.25) is 0 Å². The van der Waals surface area contributed by atoms with Crippen molar-refractivity contribution in [3.05, 3.63) is 11.6 Å². The van der Waals surface area contributed by atoms with Gasteiger partial charge in [-0.1, -0.05) is 19.9 Å². The second kappa shape index (κ2) is 6.95. The molecule has 130 valence electrons. The summed E-state index contributed by atoms with van der Waals surface area (Å²) in [6.45, 7) is 6.36. The molecule has 7 nitrogen and oxygen atoms in total. The fourth-order valence-electron chi connectivity index (χ4n) is 4.07. The van der Waals surface area contributed by atoms with Crippen LogP contribution in [0.25, 0.3) is 0 Å². The Hall–Kier alpha value is -2.85. The predicted octanol–water partition coefficient (Wildman–Crippen LogP) is 2.48. The van der Waals surface area contributed by atoms with Gasteiger partial charge in [-0.25, -0.2) is 4.79 Å². The molecule has 0 aromatic carbocycles. The van der Waals surface area contributed by atoms with Gasteiger partial charge in [-0.3, -0.25) is 0 Å². The molecule has 1 aliphatic carbocycles. The molecule has 1 amide bonds. The maximum Gasteiger partial charge on any atom is 0.410 e. The minimum absolute atomic E-state index is 0.0742. The minimum Gasteiger partial charge on any atom is -0.450 e. The van der Waals surface area contributed by atoms with E-state index in [1.54, 1.807) is 13.0 Å². The molecule has 0 aromatic heterocycles. The van der Waals surface area contributed by atoms with Crippen LogP contribution in [-0.4, -0.2) is 36.4 Å². The second-order valence-corrected chi connectivity index (χ2v) is 6.69. The zero-order valence-electron chi connectivity index (χ0n) is 14.6. The summed E-state index contributed by atoms with van der Waals surface area (Å²) in [5.41, 5.74) is -1.06. The van der Waals surface area contributed by atoms with Gasteiger partial charge in [0.25, 0.3) is 0 Å². The van der Waals surface area contributed by atoms with Crippen molar-refractivity contribution in [1.82, 2.24) is 4.90 Å². The maximum atomic E-state index is 12.1. The van der Waals surface area contributed by atoms with Crippen LogP contribution >= 0.6 is 0 Å². The first-order chi connectivity index (χ1) is 11.9. The number of nitrogens with zero attached hydrogens (tertiary/aromatic N) is 4. The van der Waals surface area contributed by atoms with Crippen LogP contribution in [0.4, 0.5) is 4.79 Å². The largest absolute Gasteiger partial charge is 0.450 e. The number of hydrogen-bond acceptors (Lipinski definition) is 6. The van der Waals surface area contributed by atoms with E-state index in [0.717, 1.165) is 5.57 Å². The first-order valence-electron chi connectivity index (χ1n) is 8.30. The molecular formula is C18H21N5O2. The Balaban J connectivity index is 2.56. The maximum absolute atomic E-state index is 12.1. The fraction of sp³-hybridized carbons (Fsp3) is 0.611. The van der Waals surface area contributed by atoms with Crippen molar-refractivity contribution in [1.29, 1.82) is 21.2 Å². The van der Waals surface area contributed by atoms with Crippen LogP contribution in [-0.2, 0) is 4.74 Å². The van der Waals surface area contributed by atoms with Crippen molar-refractivity contribution in [3.8, 4) is 18.2 Å². The number of nitrogens with one attached hydrogen (secondary N) is 1. The van der Waals surface area contributed by atoms with Crippen LogP contribution in [0, 0.1) is 68.5 Å². The van der Waals surface area contributed by atoms with E-state index in [0.29, 0.717) is 6.54 Å². The van der Waals surface area contributed by atoms with E-state index >= 15 is 0 Å². The van der Waals surface area contributed by atoms with Gasteiger partial charge in [0, 0.05) is 24.9 Å². The quantitative estimate of drug-likeness (QED) is 0.774. The Morgan fingerprint density at radius 3 is 2.56 bits per heavy atom. The molecule has 1 fully saturated rings. The van der Waals surface area contributed by atoms with Crippen molar-refractivity contribution >= 4 is 11.8 Å². The molecule has 0 spiro atoms. The number of fused-ring (bicyclic) bond motifs is 1. The molecule has 1 saturated carbocycles. The molecule has 2 rings (SSSR count). The van der Waals surface area contributed by atoms with E-state index in [2.05, 4.69) is 6.07 Å². The predicted molar refractivity (Wildman–Crippen MR) is 89.0 cm³/mol. The molecule has 0 aromatic rings. The van der Waals surface area contributed by atoms with Gasteiger partial charge < -0.3 is 15.0 Å². The normalized spacial score (nSPS) is 27.4. The summed E-state index contributed by atoms with van der Waals surface area (Å²) < 4.78 is 5.06. The highest BCUT2D eigenvalue weighted by atomic mass is 16.6. The molecule has 0 bridgehead atoms. The van der Waals surface area contributed by atoms with Crippen molar-refractivity contribution in [2.24, 2.45) is 29.1 Å². The Kier molecular flexibility index (Phi) is 5.14. The highest BCUT2D eigenvalue weighted by Crippen LogP contribution is 2.51. The van der Waals surface area contributed by atoms with Gasteiger partial charge >= 0.3 is 6.09 Å². The van der Waals surface area contributed by atoms with E-state index in [1.165, 1.54) is 4.90 Å². The first-order valence-corrected chi connectivity index (χ1v) is 8.30. The Bertz CT molecular complexity index is 720. The third kappa shape index (κ3) is 2.75. The molecule has 0 saturated heterocycles. The Labute approximate surface area is 147 Å². The number of ether oxygens (including phenoxy) is 1. The molecule has 25 heavy (non-hydrogen) atoms. The molecule has 3 atom stereocenters. The summed E-state index contributed by atoms with van der Waals surface area (Å²) in [5.74, 6) is -1.77. The fourth-order valence-corrected chi connectivity index (χ4v) is 4.07. The van der Waals surface area contributed by atoms with Gasteiger partial charge in [0.1, 0.15) is 5.92 Å². The minimum atomic E-state index is -1.66. The van der Waals surface area contributed by atoms with Crippen molar-refractivity contribution in [2.75, 3.05) is 19.7 Å². The highest BCUT2D eigenvalue weighted by molar-refractivity contribution is 6.00. The number of nitriles is 3. The molecule has 1 aliphatic heterocycles. The van der Waals surface area contributed by atoms with E-state index < -0.39 is 23.3 Å². The number of rotatable bonds is 2. The van der Waals surface area contributed by atoms with Crippen LogP contribution in [0.2, 0.25) is 0 Å². The van der Waals surface area contributed by atoms with Crippen molar-refractivity contribution in [2.45, 2.75) is 20.8 Å². The molecule has 1 heterocycles. The van der Waals surface area contributed by atoms with E-state index in [4.69, 9.17) is 10.1 Å². The smallest absolute Gasteiger partial charge is 0.410 e. The zero-order chi connectivity index (χ0) is 18.8. The molecule has 0 radical (unpaired) electrons. The van der Waals surface area contributed by atoms with E-state index in [-0.39, 0.29) is 30.7 Å². The average Bonchev–Trinajstić information content (AvgIpc) is 2.60. The van der Waals surface area contributed by atoms with Gasteiger partial charge in [-0.05, 0) is 18.4 Å². The van der Waals surface area contributed by atoms with E-state index in [9.17, 15) is 20.6 Å². The average molecular weight is 339 g/mol. The molecular weight excluding hydrogens is 318 g/mol. The van der Waals surface area contributed by atoms with Crippen LogP contribution < -0.4 is 0 Å². The topological polar surface area (TPSA) is 125 Å². The molecule has 7 heteroatoms. The van der Waals surface area contributed by atoms with Crippen LogP contribution in [0.1, 0.15) is 20.8 Å². The van der Waals surface area contributed by atoms with Crippen LogP contribution in [0.15, 0.2) is 11.6 Å². The summed E-state index contributed by atoms with van der Waals surface area (Å²) in [6.07, 6.45) is 1.33. The second-order valence-electron chi connectivity index (χ2n) is 6.69. The number of amides is 1. The van der Waals surface area contributed by atoms with Gasteiger partial charge in [0.05, 0.1) is 30.5 Å². The summed E-state index contributed by atoms with van der Waals surface area (Å²) in [4.78, 5) is 13.6. The lowest BCUT2D eigenvalue weighted by atomic mass is 9.53. The summed E-state index contributed by atoms with van der Waals surface area (Å²) >= 11 is 0. The molecule has 1 N–H and O–H groups in total. The third-order valence-electron chi connectivity index (χ3n) is 5.10. The summed E-state index contributed by atoms with van der Waals surface area (Å²) in [5, 5.41) is 37.4. The standard InChI is InChI=1S/C18H21N5O2/c1-4-25-17(24)23-6-5-12-13(7-19)16(22)18(9-20,10-21)15(11(2)3)14(12)8-23/h5,11,13-15,22H,4,6,8H2,1-3H3/t13?,14-,15-/m1/s1. The van der Waals surface area contributed by atoms with Crippen LogP contribution in [0.5, 0.6) is 0 Å². The molecule has 1 unspecified atom stereocenters. The lowest BCUT2D eigenvalue weighted by Gasteiger charge is -2.48. The van der Waals surface area contributed by atoms with Gasteiger partial charge in [0.15, 0.2) is 5.41 Å². The number of carbonyl (C=O) groups excluding carboxylic acids is 1. The highest BCUT2D eigenvalue weighted by Gasteiger charge is 2.58. The SMILES string of the molecule is CCOC(=O)N1CC=C2C(C#N)C(=N)C(C#N)(C#N)[C@H](C(C)C)[C@@H]2C1. The lowest BCUT2D eigenvalue weighted by molar-refractivity contribution is 0.0859. The Morgan fingerprint density at radius 2 is 2.08 bits per heavy atom. The monoisotopic (exact) mass is 339 g/mol. The van der Waals surface area contributed by atoms with Gasteiger partial charge in [-0.15, -0.1) is 0 Å². The van der Waals surface area contributed by atoms with Crippen molar-refractivity contribution < 1.29 is 9.53 Å². The number of carbonyl (C=O) groups is 1. The summed E-state index contributed by atoms with van der Waals surface area (Å²) in [7, 11) is 0. The Morgan fingerprint density at radius 1 is 1.44 bits per heavy atom. The molecule has 2 aliphatic rings. The third-order valence-corrected chi connectivity index (χ3v) is 5.10. The van der Waals surface area contributed by atoms with E-state index in [1.807, 2.05) is 26.0 Å². The van der Waals surface area contributed by atoms with Crippen LogP contribution in [0.3, 0.4) is 0 Å². The first kappa shape index (κ1) is 18.5. The van der Waals surface area contributed by atoms with Crippen molar-refractivity contribution in [3.63, 3.8) is 0 Å². The lowest BCUT2D eigenvalue weighted by Crippen LogP contribution is -2.56. The summed E-state index contributed by atoms with van der Waals surface area (Å²) in [6, 6.07) is 6.11. The van der Waals surface area contributed by atoms with Gasteiger partial charge in [-0.2, -0.15) is 15.8 Å².